The lowest BCUT2D eigenvalue weighted by Crippen LogP contribution is -2.28. The molecule has 0 spiro atoms. The van der Waals surface area contributed by atoms with Crippen LogP contribution in [0.1, 0.15) is 38.6 Å². The van der Waals surface area contributed by atoms with Crippen LogP contribution in [0.4, 0.5) is 0 Å². The number of likely N-dealkylation sites (tertiary alicyclic amines) is 1. The highest BCUT2D eigenvalue weighted by Crippen LogP contribution is 2.36. The van der Waals surface area contributed by atoms with Crippen molar-refractivity contribution in [2.24, 2.45) is 0 Å². The van der Waals surface area contributed by atoms with Crippen molar-refractivity contribution in [2.75, 3.05) is 34.4 Å². The Labute approximate surface area is 158 Å². The van der Waals surface area contributed by atoms with Crippen LogP contribution in [0, 0.1) is 0 Å². The number of esters is 1. The molecule has 3 rings (SSSR count). The van der Waals surface area contributed by atoms with Gasteiger partial charge in [-0.05, 0) is 48.9 Å². The van der Waals surface area contributed by atoms with Gasteiger partial charge >= 0.3 is 5.97 Å². The first-order chi connectivity index (χ1) is 13.1. The Hall–Kier alpha value is -3.02. The minimum absolute atomic E-state index is 0.0456. The molecule has 1 fully saturated rings. The van der Waals surface area contributed by atoms with E-state index in [1.165, 1.54) is 7.11 Å². The fraction of sp³-hybridized carbons (Fsp3) is 0.333. The highest BCUT2D eigenvalue weighted by molar-refractivity contribution is 5.96. The molecule has 142 valence electrons. The summed E-state index contributed by atoms with van der Waals surface area (Å²) in [5.41, 5.74) is 2.03. The molecule has 1 amide bonds. The number of ether oxygens (including phenoxy) is 3. The highest BCUT2D eigenvalue weighted by Gasteiger charge is 2.30. The monoisotopic (exact) mass is 369 g/mol. The van der Waals surface area contributed by atoms with Crippen LogP contribution in [-0.4, -0.2) is 51.2 Å². The zero-order valence-corrected chi connectivity index (χ0v) is 15.7. The van der Waals surface area contributed by atoms with E-state index in [1.54, 1.807) is 38.5 Å². The number of hydrogen-bond donors (Lipinski definition) is 0. The highest BCUT2D eigenvalue weighted by atomic mass is 16.5. The number of benzene rings is 2. The molecule has 0 bridgehead atoms. The first-order valence-electron chi connectivity index (χ1n) is 8.77. The summed E-state index contributed by atoms with van der Waals surface area (Å²) in [6, 6.07) is 12.3. The number of carbonyl (C=O) groups excluding carboxylic acids is 2. The molecule has 6 heteroatoms. The average Bonchev–Trinajstić information content (AvgIpc) is 3.22. The molecule has 27 heavy (non-hydrogen) atoms. The van der Waals surface area contributed by atoms with Gasteiger partial charge in [-0.2, -0.15) is 0 Å². The molecule has 0 aromatic heterocycles. The fourth-order valence-corrected chi connectivity index (χ4v) is 3.41. The standard InChI is InChI=1S/C21H23NO5/c1-25-17-8-9-19(26-2)18(12-17)16-10-11-22(13-16)20(23)14-4-6-15(7-5-14)21(24)27-3/h4-9,12,16H,10-11,13H2,1-3H3/t16-/m0/s1. The van der Waals surface area contributed by atoms with Crippen LogP contribution in [0.5, 0.6) is 11.5 Å². The lowest BCUT2D eigenvalue weighted by molar-refractivity contribution is 0.0600. The molecule has 1 atom stereocenters. The summed E-state index contributed by atoms with van der Waals surface area (Å²) in [5, 5.41) is 0. The normalized spacial score (nSPS) is 16.1. The third-order valence-corrected chi connectivity index (χ3v) is 4.91. The van der Waals surface area contributed by atoms with Crippen LogP contribution in [-0.2, 0) is 4.74 Å². The quantitative estimate of drug-likeness (QED) is 0.758. The second-order valence-corrected chi connectivity index (χ2v) is 6.41. The van der Waals surface area contributed by atoms with E-state index in [1.807, 2.05) is 23.1 Å². The van der Waals surface area contributed by atoms with Gasteiger partial charge in [0.1, 0.15) is 11.5 Å². The zero-order valence-electron chi connectivity index (χ0n) is 15.7. The second kappa shape index (κ2) is 8.12. The van der Waals surface area contributed by atoms with Gasteiger partial charge in [-0.15, -0.1) is 0 Å². The molecule has 0 saturated carbocycles. The summed E-state index contributed by atoms with van der Waals surface area (Å²) >= 11 is 0. The summed E-state index contributed by atoms with van der Waals surface area (Å²) in [4.78, 5) is 26.2. The Morgan fingerprint density at radius 2 is 1.67 bits per heavy atom. The van der Waals surface area contributed by atoms with Crippen LogP contribution in [0.25, 0.3) is 0 Å². The Bertz CT molecular complexity index is 831. The van der Waals surface area contributed by atoms with Gasteiger partial charge in [0.2, 0.25) is 0 Å². The van der Waals surface area contributed by atoms with Crippen molar-refractivity contribution in [3.05, 3.63) is 59.2 Å². The van der Waals surface area contributed by atoms with Gasteiger partial charge in [0.25, 0.3) is 5.91 Å². The first-order valence-corrected chi connectivity index (χ1v) is 8.77. The van der Waals surface area contributed by atoms with Crippen molar-refractivity contribution in [1.82, 2.24) is 4.90 Å². The number of methoxy groups -OCH3 is 3. The van der Waals surface area contributed by atoms with Gasteiger partial charge in [-0.25, -0.2) is 4.79 Å². The van der Waals surface area contributed by atoms with Crippen molar-refractivity contribution in [3.63, 3.8) is 0 Å². The molecule has 1 aliphatic rings. The van der Waals surface area contributed by atoms with Crippen molar-refractivity contribution in [2.45, 2.75) is 12.3 Å². The number of carbonyl (C=O) groups is 2. The Morgan fingerprint density at radius 1 is 0.963 bits per heavy atom. The summed E-state index contributed by atoms with van der Waals surface area (Å²) < 4.78 is 15.5. The van der Waals surface area contributed by atoms with Gasteiger partial charge in [0, 0.05) is 30.1 Å². The van der Waals surface area contributed by atoms with Crippen molar-refractivity contribution in [3.8, 4) is 11.5 Å². The van der Waals surface area contributed by atoms with Crippen LogP contribution in [0.3, 0.4) is 0 Å². The molecular formula is C21H23NO5. The van der Waals surface area contributed by atoms with Gasteiger partial charge in [0.15, 0.2) is 0 Å². The topological polar surface area (TPSA) is 65.1 Å². The molecule has 1 heterocycles. The predicted octanol–water partition coefficient (Wildman–Crippen LogP) is 3.12. The van der Waals surface area contributed by atoms with Gasteiger partial charge < -0.3 is 19.1 Å². The largest absolute Gasteiger partial charge is 0.497 e. The maximum atomic E-state index is 12.8. The van der Waals surface area contributed by atoms with Crippen molar-refractivity contribution >= 4 is 11.9 Å². The van der Waals surface area contributed by atoms with E-state index in [4.69, 9.17) is 9.47 Å². The molecule has 0 aliphatic carbocycles. The third kappa shape index (κ3) is 3.89. The van der Waals surface area contributed by atoms with Crippen molar-refractivity contribution in [1.29, 1.82) is 0 Å². The van der Waals surface area contributed by atoms with E-state index in [2.05, 4.69) is 4.74 Å². The second-order valence-electron chi connectivity index (χ2n) is 6.41. The maximum Gasteiger partial charge on any atom is 0.337 e. The number of amides is 1. The van der Waals surface area contributed by atoms with E-state index >= 15 is 0 Å². The molecule has 2 aromatic rings. The van der Waals surface area contributed by atoms with Crippen LogP contribution < -0.4 is 9.47 Å². The average molecular weight is 369 g/mol. The summed E-state index contributed by atoms with van der Waals surface area (Å²) in [7, 11) is 4.61. The Balaban J connectivity index is 1.74. The Kier molecular flexibility index (Phi) is 5.64. The van der Waals surface area contributed by atoms with E-state index in [0.29, 0.717) is 24.2 Å². The molecule has 0 unspecified atom stereocenters. The SMILES string of the molecule is COC(=O)c1ccc(C(=O)N2CC[C@H](c3cc(OC)ccc3OC)C2)cc1. The van der Waals surface area contributed by atoms with Gasteiger partial charge in [-0.1, -0.05) is 0 Å². The lowest BCUT2D eigenvalue weighted by Gasteiger charge is -2.18. The molecule has 0 N–H and O–H groups in total. The van der Waals surface area contributed by atoms with Gasteiger partial charge in [-0.3, -0.25) is 4.79 Å². The maximum absolute atomic E-state index is 12.8. The molecule has 1 saturated heterocycles. The third-order valence-electron chi connectivity index (χ3n) is 4.91. The van der Waals surface area contributed by atoms with E-state index in [9.17, 15) is 9.59 Å². The first kappa shape index (κ1) is 18.8. The van der Waals surface area contributed by atoms with Crippen LogP contribution >= 0.6 is 0 Å². The smallest absolute Gasteiger partial charge is 0.337 e. The van der Waals surface area contributed by atoms with E-state index < -0.39 is 5.97 Å². The molecule has 0 radical (unpaired) electrons. The molecule has 6 nitrogen and oxygen atoms in total. The lowest BCUT2D eigenvalue weighted by atomic mass is 9.97. The summed E-state index contributed by atoms with van der Waals surface area (Å²) in [5.74, 6) is 1.30. The summed E-state index contributed by atoms with van der Waals surface area (Å²) in [6.45, 7) is 1.28. The number of rotatable bonds is 5. The van der Waals surface area contributed by atoms with Crippen LogP contribution in [0.15, 0.2) is 42.5 Å². The predicted molar refractivity (Wildman–Crippen MR) is 101 cm³/mol. The zero-order chi connectivity index (χ0) is 19.4. The number of nitrogens with zero attached hydrogens (tertiary/aromatic N) is 1. The number of hydrogen-bond acceptors (Lipinski definition) is 5. The molecular weight excluding hydrogens is 346 g/mol. The minimum atomic E-state index is -0.416. The van der Waals surface area contributed by atoms with E-state index in [-0.39, 0.29) is 11.8 Å². The van der Waals surface area contributed by atoms with E-state index in [0.717, 1.165) is 23.5 Å². The molecule has 1 aliphatic heterocycles. The van der Waals surface area contributed by atoms with Crippen LogP contribution in [0.2, 0.25) is 0 Å². The minimum Gasteiger partial charge on any atom is -0.497 e. The molecule has 2 aromatic carbocycles. The fourth-order valence-electron chi connectivity index (χ4n) is 3.41. The van der Waals surface area contributed by atoms with Gasteiger partial charge in [0.05, 0.1) is 26.9 Å². The Morgan fingerprint density at radius 3 is 2.30 bits per heavy atom. The summed E-state index contributed by atoms with van der Waals surface area (Å²) in [6.07, 6.45) is 0.857. The van der Waals surface area contributed by atoms with Crippen molar-refractivity contribution < 1.29 is 23.8 Å².